The Labute approximate surface area is 85.8 Å². The van der Waals surface area contributed by atoms with E-state index >= 15 is 0 Å². The number of aldehydes is 2. The number of hydrogen-bond donors (Lipinski definition) is 0. The second-order valence-corrected chi connectivity index (χ2v) is 1.78. The Bertz CT molecular complexity index is 307. The van der Waals surface area contributed by atoms with Crippen molar-refractivity contribution < 1.29 is 48.3 Å². The van der Waals surface area contributed by atoms with Gasteiger partial charge in [0.25, 0.3) is 0 Å². The molecule has 16 heavy (non-hydrogen) atoms. The van der Waals surface area contributed by atoms with E-state index in [2.05, 4.69) is 19.6 Å². The third-order valence-electron chi connectivity index (χ3n) is 0.758. The lowest BCUT2D eigenvalue weighted by Gasteiger charge is -1.98. The van der Waals surface area contributed by atoms with E-state index < -0.39 is 23.9 Å². The van der Waals surface area contributed by atoms with Crippen LogP contribution >= 0.6 is 0 Å². The second kappa shape index (κ2) is 6.64. The van der Waals surface area contributed by atoms with Crippen LogP contribution in [0.4, 0.5) is 0 Å². The largest absolute Gasteiger partial charge is 0.467 e. The molecule has 0 aromatic heterocycles. The lowest BCUT2D eigenvalue weighted by atomic mass is 10.7. The van der Waals surface area contributed by atoms with Crippen molar-refractivity contribution in [1.29, 1.82) is 0 Å². The molecule has 0 spiro atoms. The fraction of sp³-hybridized carbons (Fsp3) is 0. The van der Waals surface area contributed by atoms with Crippen molar-refractivity contribution in [3.05, 3.63) is 0 Å². The maximum absolute atomic E-state index is 10.5. The zero-order valence-corrected chi connectivity index (χ0v) is 7.24. The van der Waals surface area contributed by atoms with Gasteiger partial charge in [-0.25, -0.2) is 38.7 Å². The first-order chi connectivity index (χ1) is 7.51. The summed E-state index contributed by atoms with van der Waals surface area (Å²) in [6, 6.07) is 0. The molecule has 0 unspecified atom stereocenters. The van der Waals surface area contributed by atoms with Crippen molar-refractivity contribution in [3.63, 3.8) is 0 Å². The number of carbonyl (C=O) groups is 6. The summed E-state index contributed by atoms with van der Waals surface area (Å²) < 4.78 is 0. The van der Waals surface area contributed by atoms with Crippen LogP contribution in [0.25, 0.3) is 0 Å². The van der Waals surface area contributed by atoms with Gasteiger partial charge >= 0.3 is 23.9 Å². The smallest absolute Gasteiger partial charge is 0.290 e. The van der Waals surface area contributed by atoms with Gasteiger partial charge in [0.1, 0.15) is 0 Å². The van der Waals surface area contributed by atoms with E-state index in [4.69, 9.17) is 0 Å². The van der Waals surface area contributed by atoms with Crippen molar-refractivity contribution >= 4 is 36.4 Å². The van der Waals surface area contributed by atoms with Gasteiger partial charge in [-0.2, -0.15) is 0 Å². The molecule has 0 fully saturated rings. The van der Waals surface area contributed by atoms with Crippen molar-refractivity contribution in [1.82, 2.24) is 0 Å². The summed E-state index contributed by atoms with van der Waals surface area (Å²) in [7, 11) is 0. The van der Waals surface area contributed by atoms with Gasteiger partial charge in [-0.1, -0.05) is 0 Å². The number of hydrogen-bond acceptors (Lipinski definition) is 10. The van der Waals surface area contributed by atoms with Crippen molar-refractivity contribution in [2.75, 3.05) is 0 Å². The molecular weight excluding hydrogens is 232 g/mol. The highest BCUT2D eigenvalue weighted by molar-refractivity contribution is 6.30. The lowest BCUT2D eigenvalue weighted by molar-refractivity contribution is -0.275. The third-order valence-corrected chi connectivity index (χ3v) is 0.758. The maximum atomic E-state index is 10.5. The normalized spacial score (nSPS) is 8.25. The predicted molar refractivity (Wildman–Crippen MR) is 36.5 cm³/mol. The highest BCUT2D eigenvalue weighted by Crippen LogP contribution is 1.88. The van der Waals surface area contributed by atoms with Gasteiger partial charge in [0, 0.05) is 0 Å². The van der Waals surface area contributed by atoms with Crippen LogP contribution in [0.3, 0.4) is 0 Å². The van der Waals surface area contributed by atoms with Gasteiger partial charge in [-0.15, -0.1) is 0 Å². The molecule has 0 aliphatic rings. The topological polar surface area (TPSA) is 139 Å². The molecule has 0 aromatic carbocycles. The summed E-state index contributed by atoms with van der Waals surface area (Å²) in [5, 5.41) is 0. The molecule has 0 heterocycles. The van der Waals surface area contributed by atoms with E-state index in [-0.39, 0.29) is 12.6 Å². The molecule has 0 radical (unpaired) electrons. The van der Waals surface area contributed by atoms with E-state index in [1.54, 1.807) is 0 Å². The lowest BCUT2D eigenvalue weighted by Crippen LogP contribution is -2.24. The zero-order valence-electron chi connectivity index (χ0n) is 7.24. The van der Waals surface area contributed by atoms with Crippen LogP contribution in [0.5, 0.6) is 0 Å². The first kappa shape index (κ1) is 13.2. The van der Waals surface area contributed by atoms with Crippen LogP contribution in [0, 0.1) is 0 Å². The first-order valence-corrected chi connectivity index (χ1v) is 3.27. The minimum atomic E-state index is -1.88. The molecule has 0 amide bonds. The molecular formula is C6H2O10. The molecule has 0 bridgehead atoms. The van der Waals surface area contributed by atoms with Gasteiger partial charge in [-0.05, 0) is 0 Å². The van der Waals surface area contributed by atoms with Crippen molar-refractivity contribution in [2.45, 2.75) is 0 Å². The Morgan fingerprint density at radius 2 is 0.938 bits per heavy atom. The van der Waals surface area contributed by atoms with E-state index in [1.807, 2.05) is 0 Å². The molecule has 0 aliphatic carbocycles. The van der Waals surface area contributed by atoms with Gasteiger partial charge in [0.05, 0.1) is 0 Å². The average Bonchev–Trinajstić information content (AvgIpc) is 2.31. The number of rotatable bonds is 2. The Kier molecular flexibility index (Phi) is 5.49. The average molecular weight is 234 g/mol. The summed E-state index contributed by atoms with van der Waals surface area (Å²) in [6.07, 6.45) is -0.684. The van der Waals surface area contributed by atoms with Crippen LogP contribution in [-0.4, -0.2) is 36.4 Å². The van der Waals surface area contributed by atoms with Gasteiger partial charge < -0.3 is 0 Å². The summed E-state index contributed by atoms with van der Waals surface area (Å²) in [5.41, 5.74) is 0. The molecule has 0 N–H and O–H groups in total. The SMILES string of the molecule is O=CC(=O)OOC(=O)C(=O)OOC(=O)C=O. The quantitative estimate of drug-likeness (QED) is 0.216. The van der Waals surface area contributed by atoms with Gasteiger partial charge in [0.15, 0.2) is 0 Å². The van der Waals surface area contributed by atoms with Gasteiger partial charge in [0.2, 0.25) is 12.6 Å². The molecule has 0 saturated heterocycles. The monoisotopic (exact) mass is 234 g/mol. The Hall–Kier alpha value is -2.78. The van der Waals surface area contributed by atoms with E-state index in [0.29, 0.717) is 0 Å². The van der Waals surface area contributed by atoms with Crippen molar-refractivity contribution in [3.8, 4) is 0 Å². The fourth-order valence-electron chi connectivity index (χ4n) is 0.265. The van der Waals surface area contributed by atoms with E-state index in [9.17, 15) is 28.8 Å². The second-order valence-electron chi connectivity index (χ2n) is 1.78. The molecule has 0 rings (SSSR count). The molecule has 86 valence electrons. The first-order valence-electron chi connectivity index (χ1n) is 3.27. The molecule has 0 saturated carbocycles. The molecule has 0 atom stereocenters. The Morgan fingerprint density at radius 3 is 1.19 bits per heavy atom. The van der Waals surface area contributed by atoms with Crippen LogP contribution in [-0.2, 0) is 48.3 Å². The van der Waals surface area contributed by atoms with Crippen LogP contribution < -0.4 is 0 Å². The van der Waals surface area contributed by atoms with Gasteiger partial charge in [-0.3, -0.25) is 9.59 Å². The van der Waals surface area contributed by atoms with E-state index in [1.165, 1.54) is 0 Å². The summed E-state index contributed by atoms with van der Waals surface area (Å²) in [4.78, 5) is 74.3. The summed E-state index contributed by atoms with van der Waals surface area (Å²) >= 11 is 0. The van der Waals surface area contributed by atoms with Crippen LogP contribution in [0.2, 0.25) is 0 Å². The van der Waals surface area contributed by atoms with Crippen molar-refractivity contribution in [2.24, 2.45) is 0 Å². The molecule has 0 aromatic rings. The summed E-state index contributed by atoms with van der Waals surface area (Å²) in [6.45, 7) is 0. The van der Waals surface area contributed by atoms with Crippen LogP contribution in [0.1, 0.15) is 0 Å². The number of carbonyl (C=O) groups excluding carboxylic acids is 6. The Morgan fingerprint density at radius 1 is 0.625 bits per heavy atom. The summed E-state index contributed by atoms with van der Waals surface area (Å²) in [5.74, 6) is -6.92. The molecule has 0 aliphatic heterocycles. The zero-order chi connectivity index (χ0) is 12.6. The molecule has 10 nitrogen and oxygen atoms in total. The third kappa shape index (κ3) is 5.06. The molecule has 10 heteroatoms. The highest BCUT2D eigenvalue weighted by Gasteiger charge is 2.23. The van der Waals surface area contributed by atoms with Crippen LogP contribution in [0.15, 0.2) is 0 Å². The Balaban J connectivity index is 3.95. The highest BCUT2D eigenvalue weighted by atomic mass is 17.2. The fourth-order valence-corrected chi connectivity index (χ4v) is 0.265. The maximum Gasteiger partial charge on any atom is 0.467 e. The minimum Gasteiger partial charge on any atom is -0.290 e. The van der Waals surface area contributed by atoms with E-state index in [0.717, 1.165) is 0 Å². The predicted octanol–water partition coefficient (Wildman–Crippen LogP) is -2.61. The minimum absolute atomic E-state index is 0.342. The standard InChI is InChI=1S/C6H2O10/c7-1-3(9)13-15-5(11)6(12)16-14-4(10)2-8/h1-2H.